The van der Waals surface area contributed by atoms with Crippen LogP contribution >= 0.6 is 0 Å². The zero-order valence-electron chi connectivity index (χ0n) is 9.98. The van der Waals surface area contributed by atoms with Crippen molar-refractivity contribution in [3.8, 4) is 0 Å². The molecule has 0 fully saturated rings. The topological polar surface area (TPSA) is 27.3 Å². The van der Waals surface area contributed by atoms with Crippen molar-refractivity contribution >= 4 is 0 Å². The van der Waals surface area contributed by atoms with Crippen LogP contribution in [0.5, 0.6) is 0 Å². The second kappa shape index (κ2) is 14.4. The molecule has 0 unspecified atom stereocenters. The van der Waals surface area contributed by atoms with Gasteiger partial charge in [-0.2, -0.15) is 0 Å². The maximum Gasteiger partial charge on any atom is 0.0104 e. The van der Waals surface area contributed by atoms with Crippen LogP contribution in [0, 0.1) is 0 Å². The Kier molecular flexibility index (Phi) is 17.0. The van der Waals surface area contributed by atoms with Crippen molar-refractivity contribution in [1.29, 1.82) is 0 Å². The fourth-order valence-electron chi connectivity index (χ4n) is 0.861. The number of hydrogen-bond acceptors (Lipinski definition) is 3. The fraction of sp³-hybridized carbons (Fsp3) is 1.00. The van der Waals surface area contributed by atoms with Crippen LogP contribution in [0.15, 0.2) is 0 Å². The van der Waals surface area contributed by atoms with E-state index in [9.17, 15) is 0 Å². The summed E-state index contributed by atoms with van der Waals surface area (Å²) in [7, 11) is 4.13. The monoisotopic (exact) mass is 189 g/mol. The Bertz CT molecular complexity index is 76.6. The van der Waals surface area contributed by atoms with Crippen molar-refractivity contribution in [3.63, 3.8) is 0 Å². The number of nitrogens with zero attached hydrogens (tertiary/aromatic N) is 1. The molecule has 0 amide bonds. The van der Waals surface area contributed by atoms with Gasteiger partial charge in [0.05, 0.1) is 0 Å². The Morgan fingerprint density at radius 1 is 1.08 bits per heavy atom. The summed E-state index contributed by atoms with van der Waals surface area (Å²) in [5.74, 6) is 0. The van der Waals surface area contributed by atoms with Gasteiger partial charge in [0.1, 0.15) is 0 Å². The summed E-state index contributed by atoms with van der Waals surface area (Å²) in [6.45, 7) is 11.6. The zero-order valence-corrected chi connectivity index (χ0v) is 9.98. The Morgan fingerprint density at radius 2 is 1.62 bits per heavy atom. The summed E-state index contributed by atoms with van der Waals surface area (Å²) >= 11 is 0. The molecule has 82 valence electrons. The second-order valence-corrected chi connectivity index (χ2v) is 2.76. The van der Waals surface area contributed by atoms with Crippen LogP contribution in [0.25, 0.3) is 0 Å². The number of hydrogen-bond donors (Lipinski definition) is 2. The SMILES string of the molecule is CC.CCNCCN(C)CCNC. The molecule has 0 rings (SSSR count). The van der Waals surface area contributed by atoms with Crippen molar-refractivity contribution in [2.75, 3.05) is 46.8 Å². The highest BCUT2D eigenvalue weighted by molar-refractivity contribution is 4.54. The van der Waals surface area contributed by atoms with Gasteiger partial charge in [-0.25, -0.2) is 0 Å². The maximum absolute atomic E-state index is 3.29. The summed E-state index contributed by atoms with van der Waals surface area (Å²) < 4.78 is 0. The van der Waals surface area contributed by atoms with Gasteiger partial charge in [-0.05, 0) is 20.6 Å². The van der Waals surface area contributed by atoms with E-state index in [4.69, 9.17) is 0 Å². The minimum absolute atomic E-state index is 1.07. The van der Waals surface area contributed by atoms with Gasteiger partial charge in [-0.15, -0.1) is 0 Å². The quantitative estimate of drug-likeness (QED) is 0.579. The molecule has 0 heterocycles. The average Bonchev–Trinajstić information content (AvgIpc) is 2.18. The van der Waals surface area contributed by atoms with E-state index in [1.54, 1.807) is 0 Å². The molecule has 0 aromatic carbocycles. The Morgan fingerprint density at radius 3 is 2.08 bits per heavy atom. The molecule has 0 aliphatic rings. The highest BCUT2D eigenvalue weighted by Gasteiger charge is 1.94. The highest BCUT2D eigenvalue weighted by Crippen LogP contribution is 1.77. The molecule has 3 nitrogen and oxygen atoms in total. The van der Waals surface area contributed by atoms with Crippen LogP contribution in [0.4, 0.5) is 0 Å². The molecular weight excluding hydrogens is 162 g/mol. The largest absolute Gasteiger partial charge is 0.318 e. The standard InChI is InChI=1S/C8H21N3.C2H6/c1-4-10-6-8-11(3)7-5-9-2;1-2/h9-10H,4-8H2,1-3H3;1-2H3. The number of likely N-dealkylation sites (N-methyl/N-ethyl adjacent to an activating group) is 3. The predicted octanol–water partition coefficient (Wildman–Crippen LogP) is 0.773. The normalized spacial score (nSPS) is 9.69. The summed E-state index contributed by atoms with van der Waals surface area (Å²) in [6, 6.07) is 0. The van der Waals surface area contributed by atoms with Crippen LogP contribution < -0.4 is 10.6 Å². The zero-order chi connectivity index (χ0) is 10.5. The Labute approximate surface area is 83.9 Å². The van der Waals surface area contributed by atoms with Crippen LogP contribution in [0.1, 0.15) is 20.8 Å². The minimum Gasteiger partial charge on any atom is -0.318 e. The molecular formula is C10H27N3. The molecule has 2 N–H and O–H groups in total. The molecule has 3 heteroatoms. The van der Waals surface area contributed by atoms with E-state index < -0.39 is 0 Å². The van der Waals surface area contributed by atoms with Gasteiger partial charge in [-0.3, -0.25) is 0 Å². The lowest BCUT2D eigenvalue weighted by Crippen LogP contribution is -2.33. The molecule has 0 atom stereocenters. The van der Waals surface area contributed by atoms with Crippen molar-refractivity contribution in [2.45, 2.75) is 20.8 Å². The lowest BCUT2D eigenvalue weighted by Gasteiger charge is -2.15. The molecule has 0 aliphatic carbocycles. The van der Waals surface area contributed by atoms with E-state index in [-0.39, 0.29) is 0 Å². The smallest absolute Gasteiger partial charge is 0.0104 e. The summed E-state index contributed by atoms with van der Waals surface area (Å²) in [5, 5.41) is 6.42. The Balaban J connectivity index is 0. The van der Waals surface area contributed by atoms with E-state index in [2.05, 4.69) is 29.5 Å². The van der Waals surface area contributed by atoms with E-state index in [1.807, 2.05) is 20.9 Å². The lowest BCUT2D eigenvalue weighted by molar-refractivity contribution is 0.334. The first-order valence-electron chi connectivity index (χ1n) is 5.35. The summed E-state index contributed by atoms with van der Waals surface area (Å²) in [4.78, 5) is 2.32. The van der Waals surface area contributed by atoms with Crippen LogP contribution in [-0.2, 0) is 0 Å². The lowest BCUT2D eigenvalue weighted by atomic mass is 10.5. The van der Waals surface area contributed by atoms with Gasteiger partial charge in [0.25, 0.3) is 0 Å². The fourth-order valence-corrected chi connectivity index (χ4v) is 0.861. The Hall–Kier alpha value is -0.120. The summed E-state index contributed by atoms with van der Waals surface area (Å²) in [6.07, 6.45) is 0. The minimum atomic E-state index is 1.07. The van der Waals surface area contributed by atoms with Gasteiger partial charge in [0, 0.05) is 26.2 Å². The molecule has 0 bridgehead atoms. The third-order valence-corrected chi connectivity index (χ3v) is 1.66. The summed E-state index contributed by atoms with van der Waals surface area (Å²) in [5.41, 5.74) is 0. The van der Waals surface area contributed by atoms with Crippen molar-refractivity contribution in [2.24, 2.45) is 0 Å². The van der Waals surface area contributed by atoms with Gasteiger partial charge < -0.3 is 15.5 Å². The molecule has 0 spiro atoms. The molecule has 0 saturated heterocycles. The van der Waals surface area contributed by atoms with Crippen molar-refractivity contribution in [3.05, 3.63) is 0 Å². The van der Waals surface area contributed by atoms with E-state index in [0.29, 0.717) is 0 Å². The van der Waals surface area contributed by atoms with Gasteiger partial charge >= 0.3 is 0 Å². The molecule has 0 aromatic rings. The molecule has 0 aliphatic heterocycles. The number of rotatable bonds is 7. The van der Waals surface area contributed by atoms with E-state index >= 15 is 0 Å². The van der Waals surface area contributed by atoms with Crippen LogP contribution in [-0.4, -0.2) is 51.7 Å². The molecule has 0 saturated carbocycles. The molecule has 0 aromatic heterocycles. The van der Waals surface area contributed by atoms with E-state index in [1.165, 1.54) is 0 Å². The molecule has 13 heavy (non-hydrogen) atoms. The van der Waals surface area contributed by atoms with Crippen LogP contribution in [0.3, 0.4) is 0 Å². The third-order valence-electron chi connectivity index (χ3n) is 1.66. The van der Waals surface area contributed by atoms with Gasteiger partial charge in [0.2, 0.25) is 0 Å². The first kappa shape index (κ1) is 15.4. The maximum atomic E-state index is 3.29. The van der Waals surface area contributed by atoms with Gasteiger partial charge in [-0.1, -0.05) is 20.8 Å². The van der Waals surface area contributed by atoms with Crippen molar-refractivity contribution in [1.82, 2.24) is 15.5 Å². The van der Waals surface area contributed by atoms with Crippen LogP contribution in [0.2, 0.25) is 0 Å². The first-order chi connectivity index (χ1) is 6.31. The highest BCUT2D eigenvalue weighted by atomic mass is 15.1. The van der Waals surface area contributed by atoms with Crippen molar-refractivity contribution < 1.29 is 0 Å². The van der Waals surface area contributed by atoms with E-state index in [0.717, 1.165) is 32.7 Å². The average molecular weight is 189 g/mol. The first-order valence-corrected chi connectivity index (χ1v) is 5.35. The third kappa shape index (κ3) is 14.7. The predicted molar refractivity (Wildman–Crippen MR) is 61.3 cm³/mol. The number of nitrogens with one attached hydrogen (secondary N) is 2. The molecule has 0 radical (unpaired) electrons. The van der Waals surface area contributed by atoms with Gasteiger partial charge in [0.15, 0.2) is 0 Å². The second-order valence-electron chi connectivity index (χ2n) is 2.76.